The number of fused-ring (bicyclic) bond motifs is 1. The first kappa shape index (κ1) is 20.6. The quantitative estimate of drug-likeness (QED) is 0.561. The van der Waals surface area contributed by atoms with Crippen molar-refractivity contribution >= 4 is 31.7 Å². The van der Waals surface area contributed by atoms with Gasteiger partial charge in [0, 0.05) is 5.56 Å². The molecular weight excluding hydrogens is 414 g/mol. The number of rotatable bonds is 3. The fraction of sp³-hybridized carbons (Fsp3) is 0.158. The second-order valence-electron chi connectivity index (χ2n) is 6.63. The van der Waals surface area contributed by atoms with Crippen molar-refractivity contribution in [2.24, 2.45) is 0 Å². The van der Waals surface area contributed by atoms with Gasteiger partial charge >= 0.3 is 0 Å². The molecule has 1 aliphatic rings. The third-order valence-corrected chi connectivity index (χ3v) is 7.42. The van der Waals surface area contributed by atoms with Crippen LogP contribution in [-0.4, -0.2) is 22.7 Å². The molecular formula is C19H17N3O5S2. The van der Waals surface area contributed by atoms with E-state index in [0.29, 0.717) is 11.1 Å². The standard InChI is InChI=1S/C19H17N3O5S2/c1-11-8-12(2)18(13(3)9-11)29(26,27)22-19(23)15(10-20)17-14-6-4-5-7-16(14)28(24,25)21-17/h4-9,21H,1-3H3,(H,22,23). The summed E-state index contributed by atoms with van der Waals surface area (Å²) in [6.45, 7) is 5.02. The van der Waals surface area contributed by atoms with Crippen LogP contribution in [0.1, 0.15) is 22.3 Å². The molecule has 0 aliphatic carbocycles. The maximum atomic E-state index is 12.8. The second-order valence-corrected chi connectivity index (χ2v) is 9.90. The molecule has 10 heteroatoms. The highest BCUT2D eigenvalue weighted by Crippen LogP contribution is 2.32. The molecule has 0 aromatic heterocycles. The van der Waals surface area contributed by atoms with Gasteiger partial charge in [-0.25, -0.2) is 21.6 Å². The zero-order chi connectivity index (χ0) is 21.6. The van der Waals surface area contributed by atoms with E-state index in [4.69, 9.17) is 0 Å². The Kier molecular flexibility index (Phi) is 4.98. The van der Waals surface area contributed by atoms with E-state index < -0.39 is 31.5 Å². The second kappa shape index (κ2) is 7.02. The first-order valence-electron chi connectivity index (χ1n) is 8.39. The van der Waals surface area contributed by atoms with Gasteiger partial charge in [-0.05, 0) is 38.0 Å². The molecule has 0 radical (unpaired) electrons. The third kappa shape index (κ3) is 3.62. The summed E-state index contributed by atoms with van der Waals surface area (Å²) < 4.78 is 54.1. The van der Waals surface area contributed by atoms with Crippen molar-refractivity contribution in [1.82, 2.24) is 9.44 Å². The lowest BCUT2D eigenvalue weighted by Gasteiger charge is -2.13. The van der Waals surface area contributed by atoms with Crippen LogP contribution in [0.25, 0.3) is 5.70 Å². The van der Waals surface area contributed by atoms with Gasteiger partial charge in [0.2, 0.25) is 0 Å². The Labute approximate surface area is 169 Å². The smallest absolute Gasteiger partial charge is 0.277 e. The van der Waals surface area contributed by atoms with Crippen LogP contribution in [0.3, 0.4) is 0 Å². The number of nitrogens with zero attached hydrogens (tertiary/aromatic N) is 1. The number of aryl methyl sites for hydroxylation is 3. The Morgan fingerprint density at radius 1 is 1.10 bits per heavy atom. The van der Waals surface area contributed by atoms with Gasteiger partial charge < -0.3 is 0 Å². The van der Waals surface area contributed by atoms with Crippen molar-refractivity contribution in [2.75, 3.05) is 0 Å². The molecule has 29 heavy (non-hydrogen) atoms. The summed E-state index contributed by atoms with van der Waals surface area (Å²) in [6.07, 6.45) is 0. The zero-order valence-corrected chi connectivity index (χ0v) is 17.4. The fourth-order valence-corrected chi connectivity index (χ4v) is 6.09. The minimum atomic E-state index is -4.29. The summed E-state index contributed by atoms with van der Waals surface area (Å²) in [5.74, 6) is -1.22. The van der Waals surface area contributed by atoms with Gasteiger partial charge in [-0.1, -0.05) is 35.9 Å². The van der Waals surface area contributed by atoms with E-state index in [1.165, 1.54) is 18.2 Å². The SMILES string of the molecule is Cc1cc(C)c(S(=O)(=O)NC(=O)C(C#N)=C2NS(=O)(=O)c3ccccc32)c(C)c1. The molecule has 8 nitrogen and oxygen atoms in total. The van der Waals surface area contributed by atoms with Crippen LogP contribution in [0.15, 0.2) is 51.8 Å². The number of hydrogen-bond donors (Lipinski definition) is 2. The molecule has 2 N–H and O–H groups in total. The maximum absolute atomic E-state index is 12.8. The first-order chi connectivity index (χ1) is 13.5. The van der Waals surface area contributed by atoms with Crippen LogP contribution < -0.4 is 9.44 Å². The number of amides is 1. The number of carbonyl (C=O) groups excluding carboxylic acids is 1. The zero-order valence-electron chi connectivity index (χ0n) is 15.8. The molecule has 1 aliphatic heterocycles. The average Bonchev–Trinajstić information content (AvgIpc) is 2.85. The van der Waals surface area contributed by atoms with Crippen LogP contribution in [0.2, 0.25) is 0 Å². The molecule has 0 bridgehead atoms. The van der Waals surface area contributed by atoms with E-state index in [9.17, 15) is 26.9 Å². The fourth-order valence-electron chi connectivity index (χ4n) is 3.37. The lowest BCUT2D eigenvalue weighted by atomic mass is 10.1. The van der Waals surface area contributed by atoms with Crippen molar-refractivity contribution in [2.45, 2.75) is 30.6 Å². The molecule has 150 valence electrons. The molecule has 0 saturated heterocycles. The van der Waals surface area contributed by atoms with E-state index in [1.54, 1.807) is 38.1 Å². The van der Waals surface area contributed by atoms with E-state index in [-0.39, 0.29) is 21.1 Å². The molecule has 0 unspecified atom stereocenters. The van der Waals surface area contributed by atoms with Crippen molar-refractivity contribution < 1.29 is 21.6 Å². The van der Waals surface area contributed by atoms with Crippen molar-refractivity contribution in [3.8, 4) is 6.07 Å². The molecule has 1 heterocycles. The summed E-state index contributed by atoms with van der Waals surface area (Å²) >= 11 is 0. The van der Waals surface area contributed by atoms with Crippen molar-refractivity contribution in [1.29, 1.82) is 5.26 Å². The highest BCUT2D eigenvalue weighted by Gasteiger charge is 2.34. The normalized spacial score (nSPS) is 16.3. The van der Waals surface area contributed by atoms with Gasteiger partial charge in [0.05, 0.1) is 15.5 Å². The summed E-state index contributed by atoms with van der Waals surface area (Å²) in [4.78, 5) is 12.5. The van der Waals surface area contributed by atoms with E-state index in [0.717, 1.165) is 5.56 Å². The van der Waals surface area contributed by atoms with Gasteiger partial charge in [0.25, 0.3) is 26.0 Å². The van der Waals surface area contributed by atoms with E-state index in [2.05, 4.69) is 4.72 Å². The lowest BCUT2D eigenvalue weighted by Crippen LogP contribution is -2.33. The molecule has 1 amide bonds. The highest BCUT2D eigenvalue weighted by atomic mass is 32.2. The van der Waals surface area contributed by atoms with Crippen molar-refractivity contribution in [3.05, 3.63) is 64.2 Å². The van der Waals surface area contributed by atoms with Crippen molar-refractivity contribution in [3.63, 3.8) is 0 Å². The maximum Gasteiger partial charge on any atom is 0.277 e. The highest BCUT2D eigenvalue weighted by molar-refractivity contribution is 7.90. The number of sulfonamides is 2. The Bertz CT molecular complexity index is 1310. The number of nitrogens with one attached hydrogen (secondary N) is 2. The molecule has 2 aromatic rings. The Hall–Kier alpha value is -3.16. The Morgan fingerprint density at radius 2 is 1.69 bits per heavy atom. The molecule has 2 aromatic carbocycles. The van der Waals surface area contributed by atoms with Crippen LogP contribution in [0.5, 0.6) is 0 Å². The Morgan fingerprint density at radius 3 is 2.28 bits per heavy atom. The largest absolute Gasteiger partial charge is 0.277 e. The van der Waals surface area contributed by atoms with Crippen LogP contribution >= 0.6 is 0 Å². The van der Waals surface area contributed by atoms with Gasteiger partial charge in [-0.15, -0.1) is 0 Å². The number of carbonyl (C=O) groups is 1. The first-order valence-corrected chi connectivity index (χ1v) is 11.4. The van der Waals surface area contributed by atoms with Gasteiger partial charge in [0.1, 0.15) is 11.6 Å². The van der Waals surface area contributed by atoms with Crippen LogP contribution in [0.4, 0.5) is 0 Å². The van der Waals surface area contributed by atoms with Crippen LogP contribution in [-0.2, 0) is 24.8 Å². The predicted octanol–water partition coefficient (Wildman–Crippen LogP) is 1.64. The van der Waals surface area contributed by atoms with Gasteiger partial charge in [-0.3, -0.25) is 9.52 Å². The van der Waals surface area contributed by atoms with Gasteiger partial charge in [-0.2, -0.15) is 5.26 Å². The molecule has 0 spiro atoms. The minimum Gasteiger partial charge on any atom is -0.277 e. The summed E-state index contributed by atoms with van der Waals surface area (Å²) in [6, 6.07) is 10.7. The minimum absolute atomic E-state index is 0.0638. The predicted molar refractivity (Wildman–Crippen MR) is 105 cm³/mol. The third-order valence-electron chi connectivity index (χ3n) is 4.37. The average molecular weight is 431 g/mol. The van der Waals surface area contributed by atoms with E-state index >= 15 is 0 Å². The summed E-state index contributed by atoms with van der Waals surface area (Å²) in [5.41, 5.74) is 0.973. The molecule has 3 rings (SSSR count). The molecule has 0 saturated carbocycles. The summed E-state index contributed by atoms with van der Waals surface area (Å²) in [7, 11) is -8.24. The molecule has 0 fully saturated rings. The van der Waals surface area contributed by atoms with E-state index in [1.807, 2.05) is 11.6 Å². The van der Waals surface area contributed by atoms with Gasteiger partial charge in [0.15, 0.2) is 0 Å². The number of hydrogen-bond acceptors (Lipinski definition) is 6. The monoisotopic (exact) mass is 431 g/mol. The summed E-state index contributed by atoms with van der Waals surface area (Å²) in [5, 5.41) is 9.47. The molecule has 0 atom stereocenters. The topological polar surface area (TPSA) is 133 Å². The number of benzene rings is 2. The van der Waals surface area contributed by atoms with Crippen LogP contribution in [0, 0.1) is 32.1 Å². The number of nitriles is 1. The lowest BCUT2D eigenvalue weighted by molar-refractivity contribution is -0.115. The Balaban J connectivity index is 2.08.